The van der Waals surface area contributed by atoms with Crippen molar-refractivity contribution < 1.29 is 14.6 Å². The molecular formula is C12H11N3O4. The van der Waals surface area contributed by atoms with Gasteiger partial charge in [-0.05, 0) is 12.1 Å². The standard InChI is InChI=1S/C12H11N3O4/c1-19-10-5-6-11(16)15(14-10)7-8-3-2-4-9(13-8)12(17)18/h2-6H,7H2,1H3,(H,17,18). The zero-order valence-corrected chi connectivity index (χ0v) is 10.1. The number of nitrogens with zero attached hydrogens (tertiary/aromatic N) is 3. The van der Waals surface area contributed by atoms with Crippen molar-refractivity contribution in [3.05, 3.63) is 52.1 Å². The third kappa shape index (κ3) is 2.95. The molecule has 0 aromatic carbocycles. The summed E-state index contributed by atoms with van der Waals surface area (Å²) in [7, 11) is 1.44. The number of hydrogen-bond acceptors (Lipinski definition) is 5. The number of hydrogen-bond donors (Lipinski definition) is 1. The van der Waals surface area contributed by atoms with Crippen LogP contribution in [-0.2, 0) is 6.54 Å². The molecule has 7 nitrogen and oxygen atoms in total. The summed E-state index contributed by atoms with van der Waals surface area (Å²) in [6, 6.07) is 7.36. The number of carboxylic acid groups (broad SMARTS) is 1. The highest BCUT2D eigenvalue weighted by atomic mass is 16.5. The van der Waals surface area contributed by atoms with Gasteiger partial charge in [0.2, 0.25) is 5.88 Å². The van der Waals surface area contributed by atoms with Crippen LogP contribution in [0.5, 0.6) is 5.88 Å². The van der Waals surface area contributed by atoms with E-state index in [2.05, 4.69) is 10.1 Å². The lowest BCUT2D eigenvalue weighted by molar-refractivity contribution is 0.0690. The second kappa shape index (κ2) is 5.30. The maximum atomic E-state index is 11.6. The lowest BCUT2D eigenvalue weighted by atomic mass is 10.3. The van der Waals surface area contributed by atoms with Crippen LogP contribution in [0.1, 0.15) is 16.2 Å². The van der Waals surface area contributed by atoms with Crippen molar-refractivity contribution in [2.75, 3.05) is 7.11 Å². The molecule has 0 atom stereocenters. The van der Waals surface area contributed by atoms with Crippen LogP contribution in [-0.4, -0.2) is 33.0 Å². The molecule has 2 aromatic heterocycles. The first-order chi connectivity index (χ1) is 9.10. The molecule has 0 amide bonds. The summed E-state index contributed by atoms with van der Waals surface area (Å²) >= 11 is 0. The first kappa shape index (κ1) is 12.7. The molecule has 7 heteroatoms. The second-order valence-corrected chi connectivity index (χ2v) is 3.69. The topological polar surface area (TPSA) is 94.3 Å². The molecule has 0 saturated carbocycles. The van der Waals surface area contributed by atoms with E-state index in [-0.39, 0.29) is 17.8 Å². The van der Waals surface area contributed by atoms with Gasteiger partial charge >= 0.3 is 5.97 Å². The zero-order valence-electron chi connectivity index (χ0n) is 10.1. The van der Waals surface area contributed by atoms with E-state index in [0.717, 1.165) is 4.68 Å². The maximum Gasteiger partial charge on any atom is 0.354 e. The fourth-order valence-electron chi connectivity index (χ4n) is 1.49. The number of aromatic carboxylic acids is 1. The first-order valence-corrected chi connectivity index (χ1v) is 5.41. The molecule has 0 radical (unpaired) electrons. The predicted molar refractivity (Wildman–Crippen MR) is 65.3 cm³/mol. The normalized spacial score (nSPS) is 10.2. The van der Waals surface area contributed by atoms with E-state index < -0.39 is 5.97 Å². The van der Waals surface area contributed by atoms with Crippen molar-refractivity contribution in [2.24, 2.45) is 0 Å². The van der Waals surface area contributed by atoms with E-state index in [4.69, 9.17) is 9.84 Å². The number of aromatic nitrogens is 3. The average Bonchev–Trinajstić information content (AvgIpc) is 2.41. The van der Waals surface area contributed by atoms with E-state index >= 15 is 0 Å². The maximum absolute atomic E-state index is 11.6. The minimum atomic E-state index is -1.12. The predicted octanol–water partition coefficient (Wildman–Crippen LogP) is 0.393. The first-order valence-electron chi connectivity index (χ1n) is 5.41. The highest BCUT2D eigenvalue weighted by Gasteiger charge is 2.07. The summed E-state index contributed by atoms with van der Waals surface area (Å²) in [6.07, 6.45) is 0. The van der Waals surface area contributed by atoms with Crippen LogP contribution in [0.3, 0.4) is 0 Å². The molecule has 0 saturated heterocycles. The highest BCUT2D eigenvalue weighted by Crippen LogP contribution is 2.03. The van der Waals surface area contributed by atoms with Gasteiger partial charge in [-0.15, -0.1) is 5.10 Å². The van der Waals surface area contributed by atoms with Gasteiger partial charge in [-0.1, -0.05) is 6.07 Å². The van der Waals surface area contributed by atoms with Crippen molar-refractivity contribution in [3.63, 3.8) is 0 Å². The Bertz CT molecular complexity index is 666. The molecular weight excluding hydrogens is 250 g/mol. The minimum Gasteiger partial charge on any atom is -0.480 e. The van der Waals surface area contributed by atoms with Crippen molar-refractivity contribution >= 4 is 5.97 Å². The number of rotatable bonds is 4. The van der Waals surface area contributed by atoms with E-state index in [1.807, 2.05) is 0 Å². The Morgan fingerprint density at radius 3 is 2.84 bits per heavy atom. The van der Waals surface area contributed by atoms with Gasteiger partial charge in [0.25, 0.3) is 5.56 Å². The Kier molecular flexibility index (Phi) is 3.56. The van der Waals surface area contributed by atoms with Gasteiger partial charge in [-0.2, -0.15) is 0 Å². The molecule has 0 aliphatic rings. The van der Waals surface area contributed by atoms with Crippen molar-refractivity contribution in [2.45, 2.75) is 6.54 Å². The quantitative estimate of drug-likeness (QED) is 0.855. The Morgan fingerprint density at radius 2 is 2.16 bits per heavy atom. The smallest absolute Gasteiger partial charge is 0.354 e. The summed E-state index contributed by atoms with van der Waals surface area (Å²) in [5, 5.41) is 12.8. The molecule has 2 aromatic rings. The molecule has 2 rings (SSSR count). The molecule has 2 heterocycles. The van der Waals surface area contributed by atoms with Gasteiger partial charge in [0.1, 0.15) is 5.69 Å². The number of carbonyl (C=O) groups is 1. The fraction of sp³-hybridized carbons (Fsp3) is 0.167. The van der Waals surface area contributed by atoms with Crippen molar-refractivity contribution in [1.82, 2.24) is 14.8 Å². The zero-order chi connectivity index (χ0) is 13.8. The molecule has 0 bridgehead atoms. The Labute approximate surface area is 108 Å². The largest absolute Gasteiger partial charge is 0.480 e. The lowest BCUT2D eigenvalue weighted by Gasteiger charge is -2.06. The lowest BCUT2D eigenvalue weighted by Crippen LogP contribution is -2.23. The fourth-order valence-corrected chi connectivity index (χ4v) is 1.49. The van der Waals surface area contributed by atoms with Crippen LogP contribution >= 0.6 is 0 Å². The molecule has 19 heavy (non-hydrogen) atoms. The molecule has 0 spiro atoms. The van der Waals surface area contributed by atoms with Gasteiger partial charge < -0.3 is 9.84 Å². The Hall–Kier alpha value is -2.70. The van der Waals surface area contributed by atoms with Gasteiger partial charge in [-0.25, -0.2) is 14.5 Å². The third-order valence-corrected chi connectivity index (χ3v) is 2.39. The minimum absolute atomic E-state index is 0.0755. The highest BCUT2D eigenvalue weighted by molar-refractivity contribution is 5.85. The van der Waals surface area contributed by atoms with Crippen LogP contribution in [0.4, 0.5) is 0 Å². The number of carboxylic acids is 1. The second-order valence-electron chi connectivity index (χ2n) is 3.69. The van der Waals surface area contributed by atoms with Crippen LogP contribution in [0.15, 0.2) is 35.1 Å². The van der Waals surface area contributed by atoms with E-state index in [1.54, 1.807) is 12.1 Å². The summed E-state index contributed by atoms with van der Waals surface area (Å²) < 4.78 is 6.08. The monoisotopic (exact) mass is 261 g/mol. The number of pyridine rings is 1. The molecule has 0 aliphatic heterocycles. The molecule has 1 N–H and O–H groups in total. The van der Waals surface area contributed by atoms with E-state index in [9.17, 15) is 9.59 Å². The summed E-state index contributed by atoms with van der Waals surface area (Å²) in [5.74, 6) is -0.818. The van der Waals surface area contributed by atoms with Crippen LogP contribution in [0, 0.1) is 0 Å². The summed E-state index contributed by atoms with van der Waals surface area (Å²) in [6.45, 7) is 0.0805. The number of ether oxygens (including phenoxy) is 1. The van der Waals surface area contributed by atoms with Crippen LogP contribution < -0.4 is 10.3 Å². The van der Waals surface area contributed by atoms with Crippen LogP contribution in [0.2, 0.25) is 0 Å². The molecule has 0 unspecified atom stereocenters. The summed E-state index contributed by atoms with van der Waals surface area (Å²) in [4.78, 5) is 26.3. The average molecular weight is 261 g/mol. The number of methoxy groups -OCH3 is 1. The van der Waals surface area contributed by atoms with Gasteiger partial charge in [-0.3, -0.25) is 4.79 Å². The van der Waals surface area contributed by atoms with Gasteiger partial charge in [0.15, 0.2) is 0 Å². The van der Waals surface area contributed by atoms with E-state index in [0.29, 0.717) is 11.6 Å². The Balaban J connectivity index is 2.33. The van der Waals surface area contributed by atoms with Gasteiger partial charge in [0, 0.05) is 12.1 Å². The van der Waals surface area contributed by atoms with Crippen molar-refractivity contribution in [1.29, 1.82) is 0 Å². The molecule has 98 valence electrons. The summed E-state index contributed by atoms with van der Waals surface area (Å²) in [5.41, 5.74) is 0.0412. The SMILES string of the molecule is COc1ccc(=O)n(Cc2cccc(C(=O)O)n2)n1. The third-order valence-electron chi connectivity index (χ3n) is 2.39. The van der Waals surface area contributed by atoms with Crippen LogP contribution in [0.25, 0.3) is 0 Å². The Morgan fingerprint density at radius 1 is 1.37 bits per heavy atom. The van der Waals surface area contributed by atoms with Gasteiger partial charge in [0.05, 0.1) is 19.3 Å². The molecule has 0 fully saturated rings. The molecule has 0 aliphatic carbocycles. The van der Waals surface area contributed by atoms with E-state index in [1.165, 1.54) is 25.3 Å². The van der Waals surface area contributed by atoms with Crippen molar-refractivity contribution in [3.8, 4) is 5.88 Å².